The molecule has 10 heavy (non-hydrogen) atoms. The third kappa shape index (κ3) is 1.85. The van der Waals surface area contributed by atoms with E-state index in [1.165, 1.54) is 12.5 Å². The molecule has 5 nitrogen and oxygen atoms in total. The number of hydrogen-bond acceptors (Lipinski definition) is 4. The van der Waals surface area contributed by atoms with Crippen molar-refractivity contribution in [3.05, 3.63) is 12.5 Å². The van der Waals surface area contributed by atoms with Gasteiger partial charge in [0.2, 0.25) is 0 Å². The van der Waals surface area contributed by atoms with Gasteiger partial charge in [0.15, 0.2) is 6.61 Å². The third-order valence-electron chi connectivity index (χ3n) is 0.859. The standard InChI is InChI=1S/C5H6O5/c6-5(7)10-3-4-8-1-2-9-4/h1-2,4H,3H2,(H,6,7). The summed E-state index contributed by atoms with van der Waals surface area (Å²) in [4.78, 5) is 9.80. The Labute approximate surface area is 56.8 Å². The average molecular weight is 146 g/mol. The van der Waals surface area contributed by atoms with Crippen LogP contribution in [0.3, 0.4) is 0 Å². The third-order valence-corrected chi connectivity index (χ3v) is 0.859. The van der Waals surface area contributed by atoms with Gasteiger partial charge in [-0.2, -0.15) is 0 Å². The van der Waals surface area contributed by atoms with Gasteiger partial charge in [0.25, 0.3) is 6.29 Å². The maximum atomic E-state index is 9.80. The summed E-state index contributed by atoms with van der Waals surface area (Å²) in [6.45, 7) is -0.109. The summed E-state index contributed by atoms with van der Waals surface area (Å²) < 4.78 is 13.6. The van der Waals surface area contributed by atoms with Crippen molar-refractivity contribution in [3.8, 4) is 0 Å². The lowest BCUT2D eigenvalue weighted by atomic mass is 10.7. The summed E-state index contributed by atoms with van der Waals surface area (Å²) in [5.74, 6) is 0. The molecule has 0 spiro atoms. The second kappa shape index (κ2) is 2.95. The number of ether oxygens (including phenoxy) is 3. The Hall–Kier alpha value is -1.39. The number of rotatable bonds is 2. The van der Waals surface area contributed by atoms with E-state index in [1.54, 1.807) is 0 Å². The molecule has 0 radical (unpaired) electrons. The molecule has 0 fully saturated rings. The van der Waals surface area contributed by atoms with Crippen LogP contribution in [0.5, 0.6) is 0 Å². The topological polar surface area (TPSA) is 65.0 Å². The quantitative estimate of drug-likeness (QED) is 0.575. The van der Waals surface area contributed by atoms with E-state index in [1.807, 2.05) is 0 Å². The van der Waals surface area contributed by atoms with Crippen molar-refractivity contribution in [1.29, 1.82) is 0 Å². The van der Waals surface area contributed by atoms with E-state index in [-0.39, 0.29) is 6.61 Å². The Morgan fingerprint density at radius 2 is 2.20 bits per heavy atom. The fraction of sp³-hybridized carbons (Fsp3) is 0.400. The highest BCUT2D eigenvalue weighted by Crippen LogP contribution is 2.04. The van der Waals surface area contributed by atoms with Gasteiger partial charge in [-0.3, -0.25) is 0 Å². The first kappa shape index (κ1) is 6.73. The molecule has 0 amide bonds. The molecule has 0 bridgehead atoms. The van der Waals surface area contributed by atoms with Crippen LogP contribution in [0.2, 0.25) is 0 Å². The van der Waals surface area contributed by atoms with Gasteiger partial charge in [0.05, 0.1) is 0 Å². The lowest BCUT2D eigenvalue weighted by Crippen LogP contribution is -2.18. The van der Waals surface area contributed by atoms with Crippen molar-refractivity contribution in [2.45, 2.75) is 6.29 Å². The molecule has 1 heterocycles. The van der Waals surface area contributed by atoms with Gasteiger partial charge in [-0.15, -0.1) is 0 Å². The molecule has 1 aliphatic heterocycles. The summed E-state index contributed by atoms with van der Waals surface area (Å²) in [5.41, 5.74) is 0. The molecule has 1 aliphatic rings. The van der Waals surface area contributed by atoms with Gasteiger partial charge in [-0.1, -0.05) is 0 Å². The van der Waals surface area contributed by atoms with E-state index in [4.69, 9.17) is 14.6 Å². The smallest absolute Gasteiger partial charge is 0.456 e. The van der Waals surface area contributed by atoms with E-state index in [0.29, 0.717) is 0 Å². The van der Waals surface area contributed by atoms with Crippen LogP contribution in [0, 0.1) is 0 Å². The number of carbonyl (C=O) groups is 1. The zero-order chi connectivity index (χ0) is 7.40. The van der Waals surface area contributed by atoms with Crippen molar-refractivity contribution in [3.63, 3.8) is 0 Å². The summed E-state index contributed by atoms with van der Waals surface area (Å²) in [6, 6.07) is 0. The molecular formula is C5H6O5. The second-order valence-electron chi connectivity index (χ2n) is 1.55. The molecule has 56 valence electrons. The summed E-state index contributed by atoms with van der Waals surface area (Å²) in [7, 11) is 0. The Morgan fingerprint density at radius 3 is 2.70 bits per heavy atom. The van der Waals surface area contributed by atoms with Gasteiger partial charge >= 0.3 is 6.16 Å². The van der Waals surface area contributed by atoms with Crippen LogP contribution >= 0.6 is 0 Å². The molecular weight excluding hydrogens is 140 g/mol. The van der Waals surface area contributed by atoms with Crippen LogP contribution < -0.4 is 0 Å². The van der Waals surface area contributed by atoms with E-state index >= 15 is 0 Å². The fourth-order valence-electron chi connectivity index (χ4n) is 0.489. The number of hydrogen-bond donors (Lipinski definition) is 1. The molecule has 1 N–H and O–H groups in total. The van der Waals surface area contributed by atoms with Crippen molar-refractivity contribution in [2.75, 3.05) is 6.61 Å². The maximum absolute atomic E-state index is 9.80. The molecule has 0 saturated carbocycles. The van der Waals surface area contributed by atoms with Gasteiger partial charge in [-0.05, 0) is 0 Å². The molecule has 0 unspecified atom stereocenters. The molecule has 0 saturated heterocycles. The van der Waals surface area contributed by atoms with E-state index < -0.39 is 12.4 Å². The minimum Gasteiger partial charge on any atom is -0.456 e. The predicted molar refractivity (Wildman–Crippen MR) is 29.1 cm³/mol. The lowest BCUT2D eigenvalue weighted by molar-refractivity contribution is -0.0693. The Bertz CT molecular complexity index is 144. The molecule has 5 heteroatoms. The van der Waals surface area contributed by atoms with E-state index in [9.17, 15) is 4.79 Å². The SMILES string of the molecule is O=C(O)OCC1OC=CO1. The van der Waals surface area contributed by atoms with Gasteiger partial charge in [0.1, 0.15) is 12.5 Å². The summed E-state index contributed by atoms with van der Waals surface area (Å²) in [5, 5.41) is 8.02. The van der Waals surface area contributed by atoms with Gasteiger partial charge in [0, 0.05) is 0 Å². The van der Waals surface area contributed by atoms with E-state index in [2.05, 4.69) is 4.74 Å². The highest BCUT2D eigenvalue weighted by Gasteiger charge is 2.13. The van der Waals surface area contributed by atoms with Crippen molar-refractivity contribution < 1.29 is 24.1 Å². The van der Waals surface area contributed by atoms with Crippen molar-refractivity contribution >= 4 is 6.16 Å². The van der Waals surface area contributed by atoms with Crippen LogP contribution in [-0.4, -0.2) is 24.2 Å². The van der Waals surface area contributed by atoms with Crippen LogP contribution in [0.25, 0.3) is 0 Å². The Morgan fingerprint density at radius 1 is 1.60 bits per heavy atom. The number of carboxylic acid groups (broad SMARTS) is 1. The fourth-order valence-corrected chi connectivity index (χ4v) is 0.489. The lowest BCUT2D eigenvalue weighted by Gasteiger charge is -2.07. The molecule has 0 aromatic carbocycles. The van der Waals surface area contributed by atoms with Crippen LogP contribution in [-0.2, 0) is 14.2 Å². The van der Waals surface area contributed by atoms with E-state index in [0.717, 1.165) is 0 Å². The first-order valence-electron chi connectivity index (χ1n) is 2.60. The first-order valence-corrected chi connectivity index (χ1v) is 2.60. The predicted octanol–water partition coefficient (Wildman–Crippen LogP) is 0.525. The Kier molecular flexibility index (Phi) is 1.99. The molecule has 0 aromatic rings. The summed E-state index contributed by atoms with van der Waals surface area (Å²) in [6.07, 6.45) is 0.710. The van der Waals surface area contributed by atoms with Crippen LogP contribution in [0.4, 0.5) is 4.79 Å². The minimum atomic E-state index is -1.33. The first-order chi connectivity index (χ1) is 4.79. The second-order valence-corrected chi connectivity index (χ2v) is 1.55. The highest BCUT2D eigenvalue weighted by atomic mass is 16.7. The molecule has 0 aromatic heterocycles. The molecule has 0 aliphatic carbocycles. The van der Waals surface area contributed by atoms with Gasteiger partial charge in [-0.25, -0.2) is 4.79 Å². The molecule has 1 rings (SSSR count). The normalized spacial score (nSPS) is 16.0. The zero-order valence-electron chi connectivity index (χ0n) is 5.02. The maximum Gasteiger partial charge on any atom is 0.506 e. The van der Waals surface area contributed by atoms with Crippen LogP contribution in [0.1, 0.15) is 0 Å². The van der Waals surface area contributed by atoms with Crippen molar-refractivity contribution in [1.82, 2.24) is 0 Å². The highest BCUT2D eigenvalue weighted by molar-refractivity contribution is 5.56. The largest absolute Gasteiger partial charge is 0.506 e. The Balaban J connectivity index is 2.09. The zero-order valence-corrected chi connectivity index (χ0v) is 5.02. The summed E-state index contributed by atoms with van der Waals surface area (Å²) >= 11 is 0. The van der Waals surface area contributed by atoms with Crippen molar-refractivity contribution in [2.24, 2.45) is 0 Å². The minimum absolute atomic E-state index is 0.109. The average Bonchev–Trinajstić information content (AvgIpc) is 2.34. The monoisotopic (exact) mass is 146 g/mol. The van der Waals surface area contributed by atoms with Gasteiger partial charge < -0.3 is 19.3 Å². The molecule has 0 atom stereocenters. The van der Waals surface area contributed by atoms with Crippen LogP contribution in [0.15, 0.2) is 12.5 Å².